The largest absolute Gasteiger partial charge is 0.469 e. The van der Waals surface area contributed by atoms with Crippen LogP contribution in [0, 0.1) is 0 Å². The summed E-state index contributed by atoms with van der Waals surface area (Å²) in [5.74, 6) is -0.190. The van der Waals surface area contributed by atoms with Crippen LogP contribution in [0.3, 0.4) is 0 Å². The zero-order valence-electron chi connectivity index (χ0n) is 10.7. The highest BCUT2D eigenvalue weighted by atomic mass is 32.1. The van der Waals surface area contributed by atoms with Crippen LogP contribution in [0.15, 0.2) is 23.7 Å². The molecule has 2 heterocycles. The van der Waals surface area contributed by atoms with E-state index in [-0.39, 0.29) is 5.97 Å². The Balaban J connectivity index is 1.70. The van der Waals surface area contributed by atoms with Gasteiger partial charge in [0.15, 0.2) is 0 Å². The van der Waals surface area contributed by atoms with E-state index in [9.17, 15) is 4.79 Å². The van der Waals surface area contributed by atoms with E-state index in [4.69, 9.17) is 0 Å². The van der Waals surface area contributed by atoms with Crippen molar-refractivity contribution >= 4 is 28.6 Å². The summed E-state index contributed by atoms with van der Waals surface area (Å²) >= 11 is 3.33. The SMILES string of the molecule is COC(=O)Cc1ccc(CNCCc2nccs2)s1. The Bertz CT molecular complexity index is 508. The second-order valence-corrected chi connectivity index (χ2v) is 6.21. The number of carbonyl (C=O) groups excluding carboxylic acids is 1. The highest BCUT2D eigenvalue weighted by molar-refractivity contribution is 7.12. The highest BCUT2D eigenvalue weighted by Gasteiger charge is 2.06. The van der Waals surface area contributed by atoms with Crippen molar-refractivity contribution in [3.63, 3.8) is 0 Å². The van der Waals surface area contributed by atoms with Gasteiger partial charge in [0, 0.05) is 40.8 Å². The lowest BCUT2D eigenvalue weighted by molar-refractivity contribution is -0.139. The monoisotopic (exact) mass is 296 g/mol. The molecule has 0 saturated heterocycles. The van der Waals surface area contributed by atoms with Crippen molar-refractivity contribution in [1.29, 1.82) is 0 Å². The Morgan fingerprint density at radius 3 is 3.00 bits per heavy atom. The number of carbonyl (C=O) groups is 1. The number of methoxy groups -OCH3 is 1. The molecular formula is C13H16N2O2S2. The average Bonchev–Trinajstić information content (AvgIpc) is 3.06. The molecule has 0 atom stereocenters. The lowest BCUT2D eigenvalue weighted by atomic mass is 10.3. The number of aromatic nitrogens is 1. The molecular weight excluding hydrogens is 280 g/mol. The summed E-state index contributed by atoms with van der Waals surface area (Å²) < 4.78 is 4.65. The van der Waals surface area contributed by atoms with E-state index < -0.39 is 0 Å². The number of thiophene rings is 1. The Labute approximate surface area is 120 Å². The van der Waals surface area contributed by atoms with Gasteiger partial charge in [0.05, 0.1) is 18.5 Å². The molecule has 4 nitrogen and oxygen atoms in total. The fourth-order valence-electron chi connectivity index (χ4n) is 1.61. The molecule has 0 aliphatic carbocycles. The summed E-state index contributed by atoms with van der Waals surface area (Å²) in [6, 6.07) is 4.04. The van der Waals surface area contributed by atoms with Gasteiger partial charge in [-0.05, 0) is 12.1 Å². The van der Waals surface area contributed by atoms with Crippen molar-refractivity contribution in [2.24, 2.45) is 0 Å². The summed E-state index contributed by atoms with van der Waals surface area (Å²) in [6.45, 7) is 1.75. The average molecular weight is 296 g/mol. The maximum Gasteiger partial charge on any atom is 0.310 e. The highest BCUT2D eigenvalue weighted by Crippen LogP contribution is 2.17. The first-order valence-electron chi connectivity index (χ1n) is 6.01. The number of thiazole rings is 1. The molecule has 102 valence electrons. The van der Waals surface area contributed by atoms with Crippen molar-refractivity contribution in [2.45, 2.75) is 19.4 Å². The number of hydrogen-bond donors (Lipinski definition) is 1. The Morgan fingerprint density at radius 2 is 2.26 bits per heavy atom. The standard InChI is InChI=1S/C13H16N2O2S2/c1-17-13(16)8-10-2-3-11(19-10)9-14-5-4-12-15-6-7-18-12/h2-3,6-7,14H,4-5,8-9H2,1H3. The molecule has 0 fully saturated rings. The predicted octanol–water partition coefficient (Wildman–Crippen LogP) is 2.25. The maximum atomic E-state index is 11.1. The van der Waals surface area contributed by atoms with Crippen molar-refractivity contribution in [3.8, 4) is 0 Å². The van der Waals surface area contributed by atoms with E-state index >= 15 is 0 Å². The van der Waals surface area contributed by atoms with Gasteiger partial charge in [-0.1, -0.05) is 0 Å². The van der Waals surface area contributed by atoms with Crippen LogP contribution in [0.2, 0.25) is 0 Å². The third kappa shape index (κ3) is 4.74. The zero-order chi connectivity index (χ0) is 13.5. The number of hydrogen-bond acceptors (Lipinski definition) is 6. The zero-order valence-corrected chi connectivity index (χ0v) is 12.4. The Hall–Kier alpha value is -1.24. The second kappa shape index (κ2) is 7.37. The fraction of sp³-hybridized carbons (Fsp3) is 0.385. The summed E-state index contributed by atoms with van der Waals surface area (Å²) in [5.41, 5.74) is 0. The Morgan fingerprint density at radius 1 is 1.42 bits per heavy atom. The van der Waals surface area contributed by atoms with Gasteiger partial charge in [-0.3, -0.25) is 4.79 Å². The van der Waals surface area contributed by atoms with Crippen LogP contribution in [0.4, 0.5) is 0 Å². The van der Waals surface area contributed by atoms with Gasteiger partial charge in [-0.25, -0.2) is 4.98 Å². The van der Waals surface area contributed by atoms with Gasteiger partial charge in [-0.2, -0.15) is 0 Å². The van der Waals surface area contributed by atoms with Gasteiger partial charge in [-0.15, -0.1) is 22.7 Å². The topological polar surface area (TPSA) is 51.2 Å². The molecule has 0 bridgehead atoms. The van der Waals surface area contributed by atoms with Crippen molar-refractivity contribution in [1.82, 2.24) is 10.3 Å². The normalized spacial score (nSPS) is 10.6. The quantitative estimate of drug-likeness (QED) is 0.629. The second-order valence-electron chi connectivity index (χ2n) is 3.97. The first-order chi connectivity index (χ1) is 9.28. The minimum absolute atomic E-state index is 0.190. The minimum Gasteiger partial charge on any atom is -0.469 e. The van der Waals surface area contributed by atoms with Crippen molar-refractivity contribution in [2.75, 3.05) is 13.7 Å². The van der Waals surface area contributed by atoms with Gasteiger partial charge in [0.2, 0.25) is 0 Å². The number of rotatable bonds is 7. The number of nitrogens with one attached hydrogen (secondary N) is 1. The Kier molecular flexibility index (Phi) is 5.50. The van der Waals surface area contributed by atoms with E-state index in [0.29, 0.717) is 6.42 Å². The molecule has 0 spiro atoms. The summed E-state index contributed by atoms with van der Waals surface area (Å²) in [4.78, 5) is 17.7. The molecule has 0 aliphatic heterocycles. The van der Waals surface area contributed by atoms with Crippen LogP contribution < -0.4 is 5.32 Å². The van der Waals surface area contributed by atoms with E-state index in [1.165, 1.54) is 12.0 Å². The van der Waals surface area contributed by atoms with Gasteiger partial charge in [0.25, 0.3) is 0 Å². The van der Waals surface area contributed by atoms with Gasteiger partial charge < -0.3 is 10.1 Å². The number of esters is 1. The predicted molar refractivity (Wildman–Crippen MR) is 77.6 cm³/mol. The summed E-state index contributed by atoms with van der Waals surface area (Å²) in [5, 5.41) is 6.53. The molecule has 2 rings (SSSR count). The summed E-state index contributed by atoms with van der Waals surface area (Å²) in [7, 11) is 1.41. The number of ether oxygens (including phenoxy) is 1. The lowest BCUT2D eigenvalue weighted by Crippen LogP contribution is -2.15. The fourth-order valence-corrected chi connectivity index (χ4v) is 3.20. The van der Waals surface area contributed by atoms with E-state index in [0.717, 1.165) is 29.4 Å². The third-order valence-electron chi connectivity index (χ3n) is 2.56. The minimum atomic E-state index is -0.190. The van der Waals surface area contributed by atoms with Crippen LogP contribution in [-0.4, -0.2) is 24.6 Å². The van der Waals surface area contributed by atoms with Gasteiger partial charge >= 0.3 is 5.97 Å². The van der Waals surface area contributed by atoms with E-state index in [1.807, 2.05) is 17.6 Å². The molecule has 0 aromatic carbocycles. The lowest BCUT2D eigenvalue weighted by Gasteiger charge is -2.00. The van der Waals surface area contributed by atoms with Gasteiger partial charge in [0.1, 0.15) is 0 Å². The van der Waals surface area contributed by atoms with Crippen LogP contribution in [0.25, 0.3) is 0 Å². The third-order valence-corrected chi connectivity index (χ3v) is 4.49. The van der Waals surface area contributed by atoms with Crippen LogP contribution in [-0.2, 0) is 28.9 Å². The van der Waals surface area contributed by atoms with E-state index in [2.05, 4.69) is 21.1 Å². The van der Waals surface area contributed by atoms with Crippen LogP contribution in [0.1, 0.15) is 14.8 Å². The van der Waals surface area contributed by atoms with Crippen LogP contribution >= 0.6 is 22.7 Å². The molecule has 0 saturated carbocycles. The van der Waals surface area contributed by atoms with Crippen molar-refractivity contribution < 1.29 is 9.53 Å². The van der Waals surface area contributed by atoms with E-state index in [1.54, 1.807) is 22.7 Å². The molecule has 0 amide bonds. The molecule has 6 heteroatoms. The molecule has 2 aromatic rings. The molecule has 0 aliphatic rings. The molecule has 2 aromatic heterocycles. The summed E-state index contributed by atoms with van der Waals surface area (Å²) in [6.07, 6.45) is 3.15. The first kappa shape index (κ1) is 14.2. The molecule has 0 unspecified atom stereocenters. The first-order valence-corrected chi connectivity index (χ1v) is 7.71. The van der Waals surface area contributed by atoms with Crippen molar-refractivity contribution in [3.05, 3.63) is 38.5 Å². The smallest absolute Gasteiger partial charge is 0.310 e. The molecule has 19 heavy (non-hydrogen) atoms. The molecule has 0 radical (unpaired) electrons. The molecule has 1 N–H and O–H groups in total. The maximum absolute atomic E-state index is 11.1. The number of nitrogens with zero attached hydrogens (tertiary/aromatic N) is 1. The van der Waals surface area contributed by atoms with Crippen LogP contribution in [0.5, 0.6) is 0 Å².